The zero-order valence-corrected chi connectivity index (χ0v) is 13.1. The van der Waals surface area contributed by atoms with Gasteiger partial charge in [-0.15, -0.1) is 11.3 Å². The van der Waals surface area contributed by atoms with Crippen molar-refractivity contribution in [3.05, 3.63) is 21.9 Å². The van der Waals surface area contributed by atoms with E-state index in [4.69, 9.17) is 0 Å². The number of nitrogens with zero attached hydrogens (tertiary/aromatic N) is 1. The van der Waals surface area contributed by atoms with E-state index in [1.165, 1.54) is 9.75 Å². The standard InChI is InChI=1S/C15H22N2OS/c1-9-6-7-10(19-9)12-16-8-11(18)17(12)13-14(2,3)15(13,4)5/h6-7,12-13,16H,8H2,1-5H3. The topological polar surface area (TPSA) is 32.3 Å². The third kappa shape index (κ3) is 1.69. The molecular formula is C15H22N2OS. The summed E-state index contributed by atoms with van der Waals surface area (Å²) in [4.78, 5) is 16.9. The second-order valence-corrected chi connectivity index (χ2v) is 8.20. The lowest BCUT2D eigenvalue weighted by atomic mass is 10.0. The van der Waals surface area contributed by atoms with Gasteiger partial charge in [-0.1, -0.05) is 27.7 Å². The average Bonchev–Trinajstić information content (AvgIpc) is 2.72. The highest BCUT2D eigenvalue weighted by Crippen LogP contribution is 2.66. The van der Waals surface area contributed by atoms with Gasteiger partial charge in [0.25, 0.3) is 0 Å². The van der Waals surface area contributed by atoms with E-state index in [0.717, 1.165) is 0 Å². The molecule has 1 saturated carbocycles. The fourth-order valence-corrected chi connectivity index (χ4v) is 4.46. The van der Waals surface area contributed by atoms with Crippen molar-refractivity contribution in [2.75, 3.05) is 6.54 Å². The average molecular weight is 278 g/mol. The largest absolute Gasteiger partial charge is 0.317 e. The van der Waals surface area contributed by atoms with Crippen LogP contribution in [0, 0.1) is 17.8 Å². The summed E-state index contributed by atoms with van der Waals surface area (Å²) in [5, 5.41) is 3.37. The van der Waals surface area contributed by atoms with Crippen molar-refractivity contribution in [3.63, 3.8) is 0 Å². The number of carbonyl (C=O) groups excluding carboxylic acids is 1. The van der Waals surface area contributed by atoms with Crippen LogP contribution in [0.5, 0.6) is 0 Å². The van der Waals surface area contributed by atoms with Crippen molar-refractivity contribution < 1.29 is 4.79 Å². The van der Waals surface area contributed by atoms with Gasteiger partial charge in [0.15, 0.2) is 0 Å². The van der Waals surface area contributed by atoms with Crippen LogP contribution in [0.4, 0.5) is 0 Å². The molecule has 1 atom stereocenters. The lowest BCUT2D eigenvalue weighted by molar-refractivity contribution is -0.129. The van der Waals surface area contributed by atoms with Crippen LogP contribution in [-0.2, 0) is 4.79 Å². The summed E-state index contributed by atoms with van der Waals surface area (Å²) < 4.78 is 0. The van der Waals surface area contributed by atoms with Crippen LogP contribution in [0.1, 0.15) is 43.6 Å². The first kappa shape index (κ1) is 13.1. The second-order valence-electron chi connectivity index (χ2n) is 6.88. The Morgan fingerprint density at radius 3 is 2.37 bits per heavy atom. The van der Waals surface area contributed by atoms with E-state index in [-0.39, 0.29) is 22.9 Å². The number of thiophene rings is 1. The Morgan fingerprint density at radius 1 is 1.26 bits per heavy atom. The van der Waals surface area contributed by atoms with Gasteiger partial charge in [-0.3, -0.25) is 10.1 Å². The van der Waals surface area contributed by atoms with Crippen molar-refractivity contribution in [1.29, 1.82) is 0 Å². The van der Waals surface area contributed by atoms with Crippen molar-refractivity contribution in [2.24, 2.45) is 10.8 Å². The summed E-state index contributed by atoms with van der Waals surface area (Å²) in [7, 11) is 0. The van der Waals surface area contributed by atoms with Crippen molar-refractivity contribution in [1.82, 2.24) is 10.2 Å². The molecule has 1 aliphatic carbocycles. The molecule has 1 amide bonds. The number of nitrogens with one attached hydrogen (secondary N) is 1. The molecular weight excluding hydrogens is 256 g/mol. The molecule has 1 N–H and O–H groups in total. The number of hydrogen-bond acceptors (Lipinski definition) is 3. The second kappa shape index (κ2) is 3.83. The molecule has 1 unspecified atom stereocenters. The van der Waals surface area contributed by atoms with Gasteiger partial charge in [-0.2, -0.15) is 0 Å². The highest BCUT2D eigenvalue weighted by molar-refractivity contribution is 7.12. The molecule has 2 fully saturated rings. The van der Waals surface area contributed by atoms with E-state index < -0.39 is 0 Å². The number of carbonyl (C=O) groups is 1. The van der Waals surface area contributed by atoms with Crippen LogP contribution >= 0.6 is 11.3 Å². The van der Waals surface area contributed by atoms with Gasteiger partial charge in [0, 0.05) is 15.8 Å². The number of rotatable bonds is 2. The zero-order valence-electron chi connectivity index (χ0n) is 12.3. The molecule has 19 heavy (non-hydrogen) atoms. The molecule has 0 radical (unpaired) electrons. The SMILES string of the molecule is Cc1ccc(C2NCC(=O)N2C2C(C)(C)C2(C)C)s1. The summed E-state index contributed by atoms with van der Waals surface area (Å²) in [5.74, 6) is 0.236. The van der Waals surface area contributed by atoms with Crippen LogP contribution in [0.15, 0.2) is 12.1 Å². The Morgan fingerprint density at radius 2 is 1.89 bits per heavy atom. The lowest BCUT2D eigenvalue weighted by Gasteiger charge is -2.26. The van der Waals surface area contributed by atoms with Gasteiger partial charge < -0.3 is 4.90 Å². The van der Waals surface area contributed by atoms with Crippen molar-refractivity contribution >= 4 is 17.2 Å². The molecule has 0 aromatic carbocycles. The third-order valence-electron chi connectivity index (χ3n) is 5.27. The molecule has 0 spiro atoms. The molecule has 1 aromatic heterocycles. The van der Waals surface area contributed by atoms with E-state index in [9.17, 15) is 4.79 Å². The molecule has 1 aromatic rings. The molecule has 1 saturated heterocycles. The minimum atomic E-state index is 0.0669. The quantitative estimate of drug-likeness (QED) is 0.902. The molecule has 4 heteroatoms. The van der Waals surface area contributed by atoms with Gasteiger partial charge in [0.2, 0.25) is 5.91 Å². The molecule has 1 aliphatic heterocycles. The van der Waals surface area contributed by atoms with Crippen molar-refractivity contribution in [3.8, 4) is 0 Å². The lowest BCUT2D eigenvalue weighted by Crippen LogP contribution is -2.35. The van der Waals surface area contributed by atoms with Crippen LogP contribution in [0.3, 0.4) is 0 Å². The zero-order chi connectivity index (χ0) is 14.0. The normalized spacial score (nSPS) is 29.0. The summed E-state index contributed by atoms with van der Waals surface area (Å²) in [5.41, 5.74) is 0.387. The van der Waals surface area contributed by atoms with Gasteiger partial charge in [0.05, 0.1) is 6.54 Å². The Hall–Kier alpha value is -0.870. The van der Waals surface area contributed by atoms with Crippen LogP contribution in [0.25, 0.3) is 0 Å². The fraction of sp³-hybridized carbons (Fsp3) is 0.667. The Kier molecular flexibility index (Phi) is 2.64. The Bertz CT molecular complexity index is 518. The first-order chi connectivity index (χ1) is 8.76. The molecule has 2 aliphatic rings. The van der Waals surface area contributed by atoms with Gasteiger partial charge >= 0.3 is 0 Å². The maximum absolute atomic E-state index is 12.3. The number of hydrogen-bond donors (Lipinski definition) is 1. The first-order valence-electron chi connectivity index (χ1n) is 6.87. The first-order valence-corrected chi connectivity index (χ1v) is 7.69. The fourth-order valence-electron chi connectivity index (χ4n) is 3.51. The van der Waals surface area contributed by atoms with Crippen LogP contribution < -0.4 is 5.32 Å². The summed E-state index contributed by atoms with van der Waals surface area (Å²) in [6, 6.07) is 4.60. The third-order valence-corrected chi connectivity index (χ3v) is 6.32. The number of amides is 1. The van der Waals surface area contributed by atoms with Gasteiger partial charge in [-0.05, 0) is 29.9 Å². The maximum Gasteiger partial charge on any atom is 0.238 e. The minimum Gasteiger partial charge on any atom is -0.317 e. The molecule has 3 nitrogen and oxygen atoms in total. The van der Waals surface area contributed by atoms with Gasteiger partial charge in [0.1, 0.15) is 6.17 Å². The van der Waals surface area contributed by atoms with E-state index in [0.29, 0.717) is 12.6 Å². The van der Waals surface area contributed by atoms with E-state index >= 15 is 0 Å². The molecule has 2 heterocycles. The van der Waals surface area contributed by atoms with E-state index in [1.807, 2.05) is 0 Å². The molecule has 104 valence electrons. The van der Waals surface area contributed by atoms with E-state index in [2.05, 4.69) is 57.0 Å². The highest BCUT2D eigenvalue weighted by atomic mass is 32.1. The van der Waals surface area contributed by atoms with Crippen molar-refractivity contribution in [2.45, 2.75) is 46.8 Å². The monoisotopic (exact) mass is 278 g/mol. The predicted molar refractivity (Wildman–Crippen MR) is 78.0 cm³/mol. The predicted octanol–water partition coefficient (Wildman–Crippen LogP) is 2.92. The van der Waals surface area contributed by atoms with Crippen LogP contribution in [0.2, 0.25) is 0 Å². The Labute approximate surface area is 119 Å². The summed E-state index contributed by atoms with van der Waals surface area (Å²) in [6.07, 6.45) is 0.0669. The van der Waals surface area contributed by atoms with Gasteiger partial charge in [-0.25, -0.2) is 0 Å². The smallest absolute Gasteiger partial charge is 0.238 e. The highest BCUT2D eigenvalue weighted by Gasteiger charge is 2.69. The minimum absolute atomic E-state index is 0.0669. The molecule has 0 bridgehead atoms. The number of aryl methyl sites for hydroxylation is 1. The summed E-state index contributed by atoms with van der Waals surface area (Å²) >= 11 is 1.78. The van der Waals surface area contributed by atoms with Crippen LogP contribution in [-0.4, -0.2) is 23.4 Å². The Balaban J connectivity index is 1.93. The maximum atomic E-state index is 12.3. The summed E-state index contributed by atoms with van der Waals surface area (Å²) in [6.45, 7) is 11.6. The van der Waals surface area contributed by atoms with E-state index in [1.54, 1.807) is 11.3 Å². The molecule has 3 rings (SSSR count).